The van der Waals surface area contributed by atoms with E-state index in [1.165, 1.54) is 46.9 Å². The summed E-state index contributed by atoms with van der Waals surface area (Å²) in [5.41, 5.74) is 2.94. The van der Waals surface area contributed by atoms with Crippen LogP contribution in [0.4, 0.5) is 0 Å². The second kappa shape index (κ2) is 4.82. The Balaban J connectivity index is 1.67. The van der Waals surface area contributed by atoms with Gasteiger partial charge in [-0.1, -0.05) is 60.3 Å². The maximum Gasteiger partial charge on any atom is -0.000331 e. The summed E-state index contributed by atoms with van der Waals surface area (Å²) in [7, 11) is 0. The molecule has 2 unspecified atom stereocenters. The fraction of sp³-hybridized carbons (Fsp3) is 0.316. The molecule has 0 spiro atoms. The minimum absolute atomic E-state index is 0.690. The van der Waals surface area contributed by atoms with E-state index in [1.54, 1.807) is 5.57 Å². The van der Waals surface area contributed by atoms with Crippen molar-refractivity contribution in [1.29, 1.82) is 0 Å². The highest BCUT2D eigenvalue weighted by molar-refractivity contribution is 7.80. The third-order valence-corrected chi connectivity index (χ3v) is 5.50. The summed E-state index contributed by atoms with van der Waals surface area (Å²) in [4.78, 5) is 1.36. The highest BCUT2D eigenvalue weighted by atomic mass is 32.1. The lowest BCUT2D eigenvalue weighted by atomic mass is 9.84. The van der Waals surface area contributed by atoms with Gasteiger partial charge in [0.1, 0.15) is 0 Å². The van der Waals surface area contributed by atoms with E-state index in [1.807, 2.05) is 0 Å². The number of hydrogen-bond donors (Lipinski definition) is 0. The first-order valence-electron chi connectivity index (χ1n) is 7.51. The minimum Gasteiger partial charge on any atom is -0.0891 e. The Morgan fingerprint density at radius 1 is 0.900 bits per heavy atom. The van der Waals surface area contributed by atoms with Crippen molar-refractivity contribution >= 4 is 33.9 Å². The van der Waals surface area contributed by atoms with Gasteiger partial charge in [0.05, 0.1) is 0 Å². The molecular formula is C19H18S. The lowest BCUT2D eigenvalue weighted by Crippen LogP contribution is -2.19. The Morgan fingerprint density at radius 2 is 1.60 bits per heavy atom. The van der Waals surface area contributed by atoms with Crippen LogP contribution in [-0.2, 0) is 0 Å². The maximum absolute atomic E-state index is 5.57. The van der Waals surface area contributed by atoms with Gasteiger partial charge in [0, 0.05) is 0 Å². The molecule has 0 nitrogen and oxygen atoms in total. The molecule has 2 aromatic carbocycles. The summed E-state index contributed by atoms with van der Waals surface area (Å²) in [6.07, 6.45) is 7.43. The molecule has 4 rings (SSSR count). The van der Waals surface area contributed by atoms with Gasteiger partial charge < -0.3 is 0 Å². The van der Waals surface area contributed by atoms with E-state index in [0.29, 0.717) is 11.8 Å². The Labute approximate surface area is 125 Å². The fourth-order valence-electron chi connectivity index (χ4n) is 3.79. The van der Waals surface area contributed by atoms with E-state index in [0.717, 1.165) is 0 Å². The molecule has 2 fully saturated rings. The summed E-state index contributed by atoms with van der Waals surface area (Å²) in [6.45, 7) is 0. The predicted molar refractivity (Wildman–Crippen MR) is 90.0 cm³/mol. The Bertz CT molecular complexity index is 693. The molecule has 0 radical (unpaired) electrons. The fourth-order valence-corrected chi connectivity index (χ4v) is 4.20. The van der Waals surface area contributed by atoms with Gasteiger partial charge in [-0.2, -0.15) is 0 Å². The van der Waals surface area contributed by atoms with Crippen LogP contribution in [-0.4, -0.2) is 4.86 Å². The van der Waals surface area contributed by atoms with Gasteiger partial charge >= 0.3 is 0 Å². The first-order valence-corrected chi connectivity index (χ1v) is 7.92. The summed E-state index contributed by atoms with van der Waals surface area (Å²) in [6, 6.07) is 15.3. The smallest absolute Gasteiger partial charge is 0.000331 e. The van der Waals surface area contributed by atoms with Crippen LogP contribution >= 0.6 is 12.2 Å². The molecule has 2 aliphatic carbocycles. The molecule has 0 heterocycles. The first-order chi connectivity index (χ1) is 9.79. The van der Waals surface area contributed by atoms with E-state index in [9.17, 15) is 0 Å². The van der Waals surface area contributed by atoms with Crippen molar-refractivity contribution in [1.82, 2.24) is 0 Å². The molecule has 2 aliphatic rings. The zero-order valence-corrected chi connectivity index (χ0v) is 12.3. The predicted octanol–water partition coefficient (Wildman–Crippen LogP) is 5.41. The zero-order chi connectivity index (χ0) is 13.5. The van der Waals surface area contributed by atoms with Gasteiger partial charge in [0.15, 0.2) is 0 Å². The van der Waals surface area contributed by atoms with E-state index < -0.39 is 0 Å². The van der Waals surface area contributed by atoms with Crippen molar-refractivity contribution in [3.8, 4) is 0 Å². The van der Waals surface area contributed by atoms with Crippen LogP contribution in [0.3, 0.4) is 0 Å². The number of fused-ring (bicyclic) bond motifs is 3. The second-order valence-electron chi connectivity index (χ2n) is 6.19. The summed E-state index contributed by atoms with van der Waals surface area (Å²) < 4.78 is 0. The number of hydrogen-bond acceptors (Lipinski definition) is 1. The number of thiocarbonyl (C=S) groups is 1. The Hall–Kier alpha value is -1.47. The Morgan fingerprint density at radius 3 is 2.35 bits per heavy atom. The van der Waals surface area contributed by atoms with Crippen molar-refractivity contribution in [3.63, 3.8) is 0 Å². The molecule has 0 amide bonds. The third-order valence-electron chi connectivity index (χ3n) is 4.83. The molecule has 100 valence electrons. The molecule has 1 heteroatoms. The molecule has 20 heavy (non-hydrogen) atoms. The monoisotopic (exact) mass is 278 g/mol. The van der Waals surface area contributed by atoms with E-state index >= 15 is 0 Å². The zero-order valence-electron chi connectivity index (χ0n) is 11.5. The molecule has 0 aliphatic heterocycles. The lowest BCUT2D eigenvalue weighted by Gasteiger charge is -2.23. The van der Waals surface area contributed by atoms with Crippen LogP contribution in [0.1, 0.15) is 31.2 Å². The number of rotatable bonds is 1. The summed E-state index contributed by atoms with van der Waals surface area (Å²) in [5.74, 6) is 1.38. The Kier molecular flexibility index (Phi) is 2.96. The molecule has 2 aromatic rings. The summed E-state index contributed by atoms with van der Waals surface area (Å²) in [5, 5.41) is 2.65. The SMILES string of the molecule is S=C1C2CCC1CC(=Cc1ccc3ccccc3c1)C2. The average Bonchev–Trinajstić information content (AvgIpc) is 2.70. The number of allylic oxidation sites excluding steroid dienone is 1. The van der Waals surface area contributed by atoms with E-state index in [-0.39, 0.29) is 0 Å². The molecular weight excluding hydrogens is 260 g/mol. The van der Waals surface area contributed by atoms with Crippen molar-refractivity contribution in [3.05, 3.63) is 53.6 Å². The van der Waals surface area contributed by atoms with Gasteiger partial charge in [0.25, 0.3) is 0 Å². The largest absolute Gasteiger partial charge is 0.0891 e. The molecule has 0 aromatic heterocycles. The van der Waals surface area contributed by atoms with Crippen LogP contribution in [0.15, 0.2) is 48.0 Å². The van der Waals surface area contributed by atoms with E-state index in [2.05, 4.69) is 48.5 Å². The van der Waals surface area contributed by atoms with Crippen molar-refractivity contribution in [2.24, 2.45) is 11.8 Å². The average molecular weight is 278 g/mol. The molecule has 0 saturated heterocycles. The lowest BCUT2D eigenvalue weighted by molar-refractivity contribution is 0.677. The third kappa shape index (κ3) is 2.10. The van der Waals surface area contributed by atoms with Gasteiger partial charge in [-0.15, -0.1) is 0 Å². The van der Waals surface area contributed by atoms with Crippen LogP contribution in [0, 0.1) is 11.8 Å². The summed E-state index contributed by atoms with van der Waals surface area (Å²) >= 11 is 5.57. The molecule has 2 bridgehead atoms. The van der Waals surface area contributed by atoms with Gasteiger partial charge in [-0.3, -0.25) is 0 Å². The van der Waals surface area contributed by atoms with Crippen molar-refractivity contribution < 1.29 is 0 Å². The standard InChI is InChI=1S/C19H18S/c20-19-17-7-8-18(19)12-14(11-17)9-13-5-6-15-3-1-2-4-16(15)10-13/h1-6,9-10,17-18H,7-8,11-12H2. The highest BCUT2D eigenvalue weighted by Gasteiger charge is 2.35. The van der Waals surface area contributed by atoms with E-state index in [4.69, 9.17) is 12.2 Å². The number of benzene rings is 2. The molecule has 2 atom stereocenters. The second-order valence-corrected chi connectivity index (χ2v) is 6.66. The van der Waals surface area contributed by atoms with Gasteiger partial charge in [0.2, 0.25) is 0 Å². The van der Waals surface area contributed by atoms with Crippen LogP contribution in [0.2, 0.25) is 0 Å². The minimum atomic E-state index is 0.690. The maximum atomic E-state index is 5.57. The molecule has 0 N–H and O–H groups in total. The topological polar surface area (TPSA) is 0 Å². The van der Waals surface area contributed by atoms with Crippen LogP contribution < -0.4 is 0 Å². The van der Waals surface area contributed by atoms with Crippen molar-refractivity contribution in [2.45, 2.75) is 25.7 Å². The van der Waals surface area contributed by atoms with Gasteiger partial charge in [-0.25, -0.2) is 0 Å². The highest BCUT2D eigenvalue weighted by Crippen LogP contribution is 2.43. The normalized spacial score (nSPS) is 25.2. The van der Waals surface area contributed by atoms with Crippen LogP contribution in [0.5, 0.6) is 0 Å². The molecule has 2 saturated carbocycles. The van der Waals surface area contributed by atoms with Gasteiger partial charge in [-0.05, 0) is 64.8 Å². The quantitative estimate of drug-likeness (QED) is 0.628. The van der Waals surface area contributed by atoms with Crippen LogP contribution in [0.25, 0.3) is 16.8 Å². The van der Waals surface area contributed by atoms with Crippen molar-refractivity contribution in [2.75, 3.05) is 0 Å². The first kappa shape index (κ1) is 12.3.